The van der Waals surface area contributed by atoms with Crippen LogP contribution in [0.2, 0.25) is 0 Å². The zero-order valence-electron chi connectivity index (χ0n) is 16.6. The molecule has 0 bridgehead atoms. The molecule has 2 aromatic carbocycles. The number of rotatable bonds is 1. The van der Waals surface area contributed by atoms with Crippen molar-refractivity contribution < 1.29 is 26.2 Å². The molecule has 4 rings (SSSR count). The molecule has 27 heavy (non-hydrogen) atoms. The maximum Gasteiger partial charge on any atom is 3.00 e. The molecule has 0 saturated heterocycles. The molecule has 139 valence electrons. The van der Waals surface area contributed by atoms with Crippen molar-refractivity contribution in [1.82, 2.24) is 0 Å². The fraction of sp³-hybridized carbons (Fsp3) is 0.308. The topological polar surface area (TPSA) is 0 Å². The summed E-state index contributed by atoms with van der Waals surface area (Å²) < 4.78 is 0. The van der Waals surface area contributed by atoms with Crippen LogP contribution in [0.4, 0.5) is 0 Å². The Labute approximate surface area is 185 Å². The minimum Gasteiger partial charge on any atom is -0.269 e. The van der Waals surface area contributed by atoms with E-state index < -0.39 is 0 Å². The molecular weight excluding hydrogens is 404 g/mol. The third kappa shape index (κ3) is 9.34. The fourth-order valence-corrected chi connectivity index (χ4v) is 3.41. The van der Waals surface area contributed by atoms with Crippen molar-refractivity contribution in [2.75, 3.05) is 0 Å². The largest absolute Gasteiger partial charge is 3.00 e. The van der Waals surface area contributed by atoms with Gasteiger partial charge in [-0.05, 0) is 0 Å². The normalized spacial score (nSPS) is 15.7. The van der Waals surface area contributed by atoms with E-state index in [2.05, 4.69) is 32.9 Å². The monoisotopic (exact) mass is 433 g/mol. The summed E-state index contributed by atoms with van der Waals surface area (Å²) >= 11 is 0. The number of allylic oxidation sites excluding steroid dienone is 4. The third-order valence-electron chi connectivity index (χ3n) is 4.85. The second-order valence-corrected chi connectivity index (χ2v) is 6.97. The molecule has 1 heteroatoms. The summed E-state index contributed by atoms with van der Waals surface area (Å²) in [5.74, 6) is 0.883. The zero-order valence-corrected chi connectivity index (χ0v) is 19.0. The summed E-state index contributed by atoms with van der Waals surface area (Å²) in [4.78, 5) is 0. The van der Waals surface area contributed by atoms with Gasteiger partial charge in [0.2, 0.25) is 0 Å². The summed E-state index contributed by atoms with van der Waals surface area (Å²) in [5.41, 5.74) is 5.20. The van der Waals surface area contributed by atoms with E-state index >= 15 is 0 Å². The molecule has 0 nitrogen and oxygen atoms in total. The standard InChI is InChI=1S/C12H17.2C7H7.Zr/c1-10-6-5-9-12(10)11-7-3-2-4-8-11;2*1-7-5-3-2-4-6-7;/h9,11H,2-5,7-8H2,1H3;2*2-6H,1H2;/q3*-1;+3. The van der Waals surface area contributed by atoms with Crippen molar-refractivity contribution in [3.63, 3.8) is 0 Å². The third-order valence-corrected chi connectivity index (χ3v) is 4.85. The van der Waals surface area contributed by atoms with Crippen LogP contribution >= 0.6 is 0 Å². The van der Waals surface area contributed by atoms with Gasteiger partial charge in [0.1, 0.15) is 0 Å². The average molecular weight is 435 g/mol. The van der Waals surface area contributed by atoms with Gasteiger partial charge in [-0.15, -0.1) is 30.7 Å². The summed E-state index contributed by atoms with van der Waals surface area (Å²) in [7, 11) is 0. The van der Waals surface area contributed by atoms with Crippen LogP contribution in [-0.2, 0) is 26.2 Å². The zero-order chi connectivity index (χ0) is 18.6. The van der Waals surface area contributed by atoms with Crippen molar-refractivity contribution in [3.05, 3.63) is 109 Å². The summed E-state index contributed by atoms with van der Waals surface area (Å²) in [6.45, 7) is 9.66. The van der Waals surface area contributed by atoms with E-state index in [1.165, 1.54) is 37.7 Å². The summed E-state index contributed by atoms with van der Waals surface area (Å²) in [6.07, 6.45) is 14.0. The molecule has 0 spiro atoms. The SMILES string of the molecule is CC1=[C-]CC=C1C1CCCCC1.[CH2-]c1ccccc1.[CH2-]c1ccccc1.[Zr+3]. The minimum absolute atomic E-state index is 0. The molecule has 2 aromatic rings. The van der Waals surface area contributed by atoms with Gasteiger partial charge in [-0.1, -0.05) is 57.1 Å². The van der Waals surface area contributed by atoms with Crippen LogP contribution in [0.3, 0.4) is 0 Å². The molecule has 0 unspecified atom stereocenters. The van der Waals surface area contributed by atoms with Gasteiger partial charge in [-0.3, -0.25) is 6.08 Å². The molecule has 1 radical (unpaired) electrons. The molecule has 0 heterocycles. The molecular formula is C26H31Zr. The predicted molar refractivity (Wildman–Crippen MR) is 114 cm³/mol. The predicted octanol–water partition coefficient (Wildman–Crippen LogP) is 7.38. The maximum atomic E-state index is 3.72. The van der Waals surface area contributed by atoms with E-state index in [1.54, 1.807) is 5.57 Å². The van der Waals surface area contributed by atoms with E-state index in [1.807, 2.05) is 60.7 Å². The van der Waals surface area contributed by atoms with E-state index in [9.17, 15) is 0 Å². The van der Waals surface area contributed by atoms with E-state index in [-0.39, 0.29) is 26.2 Å². The molecule has 0 amide bonds. The van der Waals surface area contributed by atoms with Gasteiger partial charge >= 0.3 is 26.2 Å². The average Bonchev–Trinajstić information content (AvgIpc) is 3.11. The first-order valence-corrected chi connectivity index (χ1v) is 9.68. The van der Waals surface area contributed by atoms with Crippen molar-refractivity contribution >= 4 is 0 Å². The van der Waals surface area contributed by atoms with Gasteiger partial charge in [0.15, 0.2) is 0 Å². The molecule has 0 aromatic heterocycles. The van der Waals surface area contributed by atoms with Crippen LogP contribution in [0.5, 0.6) is 0 Å². The minimum atomic E-state index is 0. The van der Waals surface area contributed by atoms with Crippen LogP contribution in [0, 0.1) is 25.8 Å². The Morgan fingerprint density at radius 2 is 1.26 bits per heavy atom. The van der Waals surface area contributed by atoms with Gasteiger partial charge in [-0.25, -0.2) is 5.57 Å². The van der Waals surface area contributed by atoms with Crippen LogP contribution in [0.15, 0.2) is 77.9 Å². The Balaban J connectivity index is 0.000000211. The molecule has 0 atom stereocenters. The number of benzene rings is 2. The number of hydrogen-bond acceptors (Lipinski definition) is 0. The Morgan fingerprint density at radius 1 is 0.778 bits per heavy atom. The van der Waals surface area contributed by atoms with Crippen LogP contribution < -0.4 is 0 Å². The van der Waals surface area contributed by atoms with Gasteiger partial charge < -0.3 is 0 Å². The smallest absolute Gasteiger partial charge is 0.269 e. The molecule has 0 aliphatic heterocycles. The Bertz CT molecular complexity index is 639. The molecule has 2 aliphatic carbocycles. The van der Waals surface area contributed by atoms with Gasteiger partial charge in [0.05, 0.1) is 0 Å². The van der Waals surface area contributed by atoms with Gasteiger partial charge in [0, 0.05) is 0 Å². The van der Waals surface area contributed by atoms with E-state index in [0.717, 1.165) is 23.5 Å². The molecule has 1 fully saturated rings. The fourth-order valence-electron chi connectivity index (χ4n) is 3.41. The van der Waals surface area contributed by atoms with E-state index in [0.29, 0.717) is 0 Å². The molecule has 2 aliphatic rings. The van der Waals surface area contributed by atoms with Crippen LogP contribution in [0.25, 0.3) is 0 Å². The maximum absolute atomic E-state index is 3.72. The first kappa shape index (κ1) is 23.6. The molecule has 1 saturated carbocycles. The Morgan fingerprint density at radius 3 is 1.59 bits per heavy atom. The Kier molecular flexibility index (Phi) is 11.9. The van der Waals surface area contributed by atoms with Gasteiger partial charge in [-0.2, -0.15) is 60.9 Å². The van der Waals surface area contributed by atoms with Crippen molar-refractivity contribution in [3.8, 4) is 0 Å². The van der Waals surface area contributed by atoms with Crippen LogP contribution in [-0.4, -0.2) is 0 Å². The van der Waals surface area contributed by atoms with Crippen LogP contribution in [0.1, 0.15) is 56.6 Å². The second-order valence-electron chi connectivity index (χ2n) is 6.97. The first-order chi connectivity index (χ1) is 12.7. The van der Waals surface area contributed by atoms with E-state index in [4.69, 9.17) is 0 Å². The van der Waals surface area contributed by atoms with Crippen molar-refractivity contribution in [1.29, 1.82) is 0 Å². The second kappa shape index (κ2) is 13.7. The van der Waals surface area contributed by atoms with Gasteiger partial charge in [0.25, 0.3) is 0 Å². The van der Waals surface area contributed by atoms with Crippen molar-refractivity contribution in [2.45, 2.75) is 45.4 Å². The Hall–Kier alpha value is -1.46. The van der Waals surface area contributed by atoms with Crippen molar-refractivity contribution in [2.24, 2.45) is 5.92 Å². The first-order valence-electron chi connectivity index (χ1n) is 9.68. The number of hydrogen-bond donors (Lipinski definition) is 0. The summed E-state index contributed by atoms with van der Waals surface area (Å²) in [5, 5.41) is 0. The quantitative estimate of drug-likeness (QED) is 0.411. The summed E-state index contributed by atoms with van der Waals surface area (Å²) in [6, 6.07) is 19.7. The molecule has 0 N–H and O–H groups in total.